The van der Waals surface area contributed by atoms with Crippen LogP contribution in [0.4, 0.5) is 9.52 Å². The summed E-state index contributed by atoms with van der Waals surface area (Å²) in [6, 6.07) is 12.9. The van der Waals surface area contributed by atoms with Gasteiger partial charge in [-0.05, 0) is 54.6 Å². The number of aromatic nitrogens is 1. The second-order valence-electron chi connectivity index (χ2n) is 5.78. The molecule has 0 unspecified atom stereocenters. The lowest BCUT2D eigenvalue weighted by molar-refractivity contribution is -0.111. The van der Waals surface area contributed by atoms with Crippen LogP contribution in [0.25, 0.3) is 27.6 Å². The second-order valence-corrected chi connectivity index (χ2v) is 7.65. The SMILES string of the molecule is O=C(/C=C/c1ccc(-c2ccc(Cl)cc2Cl)o1)Nc1nc2ccc(F)cc2s1. The monoisotopic (exact) mass is 432 g/mol. The molecule has 4 rings (SSSR count). The fourth-order valence-electron chi connectivity index (χ4n) is 2.53. The largest absolute Gasteiger partial charge is 0.457 e. The molecule has 28 heavy (non-hydrogen) atoms. The van der Waals surface area contributed by atoms with Gasteiger partial charge in [0.05, 0.1) is 15.2 Å². The van der Waals surface area contributed by atoms with E-state index in [0.29, 0.717) is 42.5 Å². The molecule has 0 radical (unpaired) electrons. The number of hydrogen-bond donors (Lipinski definition) is 1. The number of carbonyl (C=O) groups is 1. The standard InChI is InChI=1S/C20H11Cl2FN2O2S/c21-11-1-5-14(15(22)9-11)17-7-3-13(27-17)4-8-19(26)25-20-24-16-6-2-12(23)10-18(16)28-20/h1-10H,(H,24,25,26)/b8-4+. The number of thiazole rings is 1. The molecule has 1 N–H and O–H groups in total. The van der Waals surface area contributed by atoms with Gasteiger partial charge in [-0.25, -0.2) is 9.37 Å². The summed E-state index contributed by atoms with van der Waals surface area (Å²) < 4.78 is 19.6. The number of fused-ring (bicyclic) bond motifs is 1. The minimum Gasteiger partial charge on any atom is -0.457 e. The van der Waals surface area contributed by atoms with Crippen LogP contribution in [0.5, 0.6) is 0 Å². The Labute approximate surface area is 173 Å². The zero-order chi connectivity index (χ0) is 19.7. The molecule has 2 aromatic heterocycles. The van der Waals surface area contributed by atoms with E-state index in [4.69, 9.17) is 27.6 Å². The van der Waals surface area contributed by atoms with E-state index in [0.717, 1.165) is 0 Å². The Kier molecular flexibility index (Phi) is 5.17. The van der Waals surface area contributed by atoms with Crippen molar-refractivity contribution in [1.82, 2.24) is 4.98 Å². The van der Waals surface area contributed by atoms with Crippen molar-refractivity contribution in [3.8, 4) is 11.3 Å². The van der Waals surface area contributed by atoms with Gasteiger partial charge in [-0.15, -0.1) is 0 Å². The second kappa shape index (κ2) is 7.75. The van der Waals surface area contributed by atoms with Gasteiger partial charge in [0, 0.05) is 16.7 Å². The van der Waals surface area contributed by atoms with Crippen molar-refractivity contribution >= 4 is 61.9 Å². The van der Waals surface area contributed by atoms with Crippen LogP contribution < -0.4 is 5.32 Å². The maximum atomic E-state index is 13.2. The Balaban J connectivity index is 1.46. The van der Waals surface area contributed by atoms with E-state index in [9.17, 15) is 9.18 Å². The molecule has 4 aromatic rings. The van der Waals surface area contributed by atoms with Crippen LogP contribution >= 0.6 is 34.5 Å². The summed E-state index contributed by atoms with van der Waals surface area (Å²) >= 11 is 13.3. The van der Waals surface area contributed by atoms with Crippen molar-refractivity contribution in [3.05, 3.63) is 76.2 Å². The van der Waals surface area contributed by atoms with Crippen molar-refractivity contribution in [2.24, 2.45) is 0 Å². The third-order valence-corrected chi connectivity index (χ3v) is 5.28. The van der Waals surface area contributed by atoms with Gasteiger partial charge in [-0.2, -0.15) is 0 Å². The Hall–Kier alpha value is -2.67. The quantitative estimate of drug-likeness (QED) is 0.367. The maximum absolute atomic E-state index is 13.2. The molecule has 0 saturated carbocycles. The third kappa shape index (κ3) is 4.09. The van der Waals surface area contributed by atoms with Crippen molar-refractivity contribution in [1.29, 1.82) is 0 Å². The lowest BCUT2D eigenvalue weighted by Crippen LogP contribution is -2.07. The molecule has 8 heteroatoms. The van der Waals surface area contributed by atoms with E-state index < -0.39 is 0 Å². The number of benzene rings is 2. The fraction of sp³-hybridized carbons (Fsp3) is 0. The molecular formula is C20H11Cl2FN2O2S. The third-order valence-electron chi connectivity index (χ3n) is 3.80. The molecule has 0 aliphatic heterocycles. The van der Waals surface area contributed by atoms with E-state index >= 15 is 0 Å². The first-order valence-corrected chi connectivity index (χ1v) is 9.65. The summed E-state index contributed by atoms with van der Waals surface area (Å²) in [6.45, 7) is 0. The number of amides is 1. The van der Waals surface area contributed by atoms with Crippen molar-refractivity contribution in [2.45, 2.75) is 0 Å². The van der Waals surface area contributed by atoms with E-state index in [1.165, 1.54) is 35.6 Å². The van der Waals surface area contributed by atoms with E-state index in [1.807, 2.05) is 0 Å². The fourth-order valence-corrected chi connectivity index (χ4v) is 3.93. The molecule has 0 fully saturated rings. The number of hydrogen-bond acceptors (Lipinski definition) is 4. The summed E-state index contributed by atoms with van der Waals surface area (Å²) in [7, 11) is 0. The molecular weight excluding hydrogens is 422 g/mol. The zero-order valence-electron chi connectivity index (χ0n) is 14.1. The van der Waals surface area contributed by atoms with Gasteiger partial charge in [0.1, 0.15) is 17.3 Å². The Morgan fingerprint density at radius 1 is 1.14 bits per heavy atom. The van der Waals surface area contributed by atoms with Gasteiger partial charge < -0.3 is 4.42 Å². The highest BCUT2D eigenvalue weighted by molar-refractivity contribution is 7.22. The van der Waals surface area contributed by atoms with Crippen LogP contribution in [0, 0.1) is 5.82 Å². The molecule has 140 valence electrons. The average Bonchev–Trinajstić information content (AvgIpc) is 3.26. The first kappa shape index (κ1) is 18.7. The number of rotatable bonds is 4. The summed E-state index contributed by atoms with van der Waals surface area (Å²) in [5, 5.41) is 4.06. The smallest absolute Gasteiger partial charge is 0.250 e. The highest BCUT2D eigenvalue weighted by Gasteiger charge is 2.09. The van der Waals surface area contributed by atoms with Gasteiger partial charge >= 0.3 is 0 Å². The Morgan fingerprint density at radius 2 is 2.00 bits per heavy atom. The van der Waals surface area contributed by atoms with Crippen molar-refractivity contribution < 1.29 is 13.6 Å². The van der Waals surface area contributed by atoms with Crippen molar-refractivity contribution in [2.75, 3.05) is 5.32 Å². The molecule has 4 nitrogen and oxygen atoms in total. The van der Waals surface area contributed by atoms with Gasteiger partial charge in [-0.3, -0.25) is 10.1 Å². The first-order chi connectivity index (χ1) is 13.5. The summed E-state index contributed by atoms with van der Waals surface area (Å²) in [5.41, 5.74) is 1.33. The van der Waals surface area contributed by atoms with Crippen LogP contribution in [-0.4, -0.2) is 10.9 Å². The van der Waals surface area contributed by atoms with Crippen LogP contribution in [0.15, 0.2) is 59.0 Å². The topological polar surface area (TPSA) is 55.1 Å². The zero-order valence-corrected chi connectivity index (χ0v) is 16.4. The number of furan rings is 1. The summed E-state index contributed by atoms with van der Waals surface area (Å²) in [4.78, 5) is 16.4. The van der Waals surface area contributed by atoms with Crippen LogP contribution in [0.3, 0.4) is 0 Å². The molecule has 0 aliphatic rings. The van der Waals surface area contributed by atoms with Crippen LogP contribution in [0.1, 0.15) is 5.76 Å². The van der Waals surface area contributed by atoms with E-state index in [1.54, 1.807) is 36.4 Å². The molecule has 0 saturated heterocycles. The van der Waals surface area contributed by atoms with Gasteiger partial charge in [0.2, 0.25) is 5.91 Å². The number of nitrogens with zero attached hydrogens (tertiary/aromatic N) is 1. The molecule has 0 aliphatic carbocycles. The van der Waals surface area contributed by atoms with Gasteiger partial charge in [0.25, 0.3) is 0 Å². The number of carbonyl (C=O) groups excluding carboxylic acids is 1. The predicted octanol–water partition coefficient (Wildman–Crippen LogP) is 6.65. The van der Waals surface area contributed by atoms with Crippen LogP contribution in [0.2, 0.25) is 10.0 Å². The summed E-state index contributed by atoms with van der Waals surface area (Å²) in [6.07, 6.45) is 2.87. The average molecular weight is 433 g/mol. The van der Waals surface area contributed by atoms with E-state index in [2.05, 4.69) is 10.3 Å². The van der Waals surface area contributed by atoms with Crippen molar-refractivity contribution in [3.63, 3.8) is 0 Å². The minimum atomic E-state index is -0.373. The normalized spacial score (nSPS) is 11.4. The molecule has 0 spiro atoms. The molecule has 1 amide bonds. The number of halogens is 3. The molecule has 0 bridgehead atoms. The van der Waals surface area contributed by atoms with Crippen LogP contribution in [-0.2, 0) is 4.79 Å². The minimum absolute atomic E-state index is 0.344. The van der Waals surface area contributed by atoms with Gasteiger partial charge in [0.15, 0.2) is 5.13 Å². The molecule has 2 aromatic carbocycles. The first-order valence-electron chi connectivity index (χ1n) is 8.08. The van der Waals surface area contributed by atoms with E-state index in [-0.39, 0.29) is 11.7 Å². The maximum Gasteiger partial charge on any atom is 0.250 e. The highest BCUT2D eigenvalue weighted by atomic mass is 35.5. The Bertz CT molecular complexity index is 1220. The lowest BCUT2D eigenvalue weighted by atomic mass is 10.2. The lowest BCUT2D eigenvalue weighted by Gasteiger charge is -2.00. The highest BCUT2D eigenvalue weighted by Crippen LogP contribution is 2.32. The predicted molar refractivity (Wildman–Crippen MR) is 111 cm³/mol. The number of anilines is 1. The summed E-state index contributed by atoms with van der Waals surface area (Å²) in [5.74, 6) is 0.336. The number of nitrogens with one attached hydrogen (secondary N) is 1. The Morgan fingerprint density at radius 3 is 2.82 bits per heavy atom. The molecule has 0 atom stereocenters. The molecule has 2 heterocycles. The van der Waals surface area contributed by atoms with Gasteiger partial charge in [-0.1, -0.05) is 34.5 Å².